The Morgan fingerprint density at radius 1 is 1.14 bits per heavy atom. The number of ether oxygens (including phenoxy) is 1. The second-order valence-corrected chi connectivity index (χ2v) is 5.71. The summed E-state index contributed by atoms with van der Waals surface area (Å²) >= 11 is 3.55. The quantitative estimate of drug-likeness (QED) is 0.734. The summed E-state index contributed by atoms with van der Waals surface area (Å²) in [6.07, 6.45) is 1.11. The summed E-state index contributed by atoms with van der Waals surface area (Å²) in [5.41, 5.74) is 2.16. The normalized spacial score (nSPS) is 10.6. The van der Waals surface area contributed by atoms with E-state index in [2.05, 4.69) is 34.2 Å². The molecule has 0 unspecified atom stereocenters. The molecule has 3 nitrogen and oxygen atoms in total. The van der Waals surface area contributed by atoms with Crippen LogP contribution in [0, 0.1) is 0 Å². The Morgan fingerprint density at radius 3 is 2.62 bits per heavy atom. The average molecular weight is 350 g/mol. The van der Waals surface area contributed by atoms with E-state index in [1.165, 1.54) is 0 Å². The Bertz CT molecular complexity index is 570. The number of phenols is 1. The van der Waals surface area contributed by atoms with Gasteiger partial charge in [0.2, 0.25) is 0 Å². The molecule has 0 heterocycles. The van der Waals surface area contributed by atoms with Gasteiger partial charge in [-0.25, -0.2) is 0 Å². The van der Waals surface area contributed by atoms with E-state index in [1.807, 2.05) is 24.3 Å². The van der Waals surface area contributed by atoms with Crippen LogP contribution in [0.25, 0.3) is 0 Å². The summed E-state index contributed by atoms with van der Waals surface area (Å²) in [5, 5.41) is 12.7. The fourth-order valence-corrected chi connectivity index (χ4v) is 2.52. The van der Waals surface area contributed by atoms with Gasteiger partial charge in [-0.3, -0.25) is 0 Å². The van der Waals surface area contributed by atoms with E-state index < -0.39 is 0 Å². The molecule has 0 aromatic heterocycles. The van der Waals surface area contributed by atoms with Crippen molar-refractivity contribution in [1.29, 1.82) is 0 Å². The van der Waals surface area contributed by atoms with Crippen molar-refractivity contribution in [3.8, 4) is 11.5 Å². The van der Waals surface area contributed by atoms with Crippen molar-refractivity contribution in [2.75, 3.05) is 6.54 Å². The topological polar surface area (TPSA) is 41.5 Å². The van der Waals surface area contributed by atoms with Gasteiger partial charge in [0.25, 0.3) is 0 Å². The molecule has 0 aliphatic carbocycles. The number of rotatable bonds is 7. The molecule has 0 saturated heterocycles. The molecule has 2 aromatic rings. The van der Waals surface area contributed by atoms with E-state index in [1.54, 1.807) is 12.1 Å². The van der Waals surface area contributed by atoms with E-state index in [-0.39, 0.29) is 5.75 Å². The van der Waals surface area contributed by atoms with Crippen molar-refractivity contribution >= 4 is 15.9 Å². The van der Waals surface area contributed by atoms with E-state index in [9.17, 15) is 5.11 Å². The minimum absolute atomic E-state index is 0.268. The van der Waals surface area contributed by atoms with Crippen molar-refractivity contribution in [3.05, 3.63) is 58.1 Å². The highest BCUT2D eigenvalue weighted by atomic mass is 79.9. The van der Waals surface area contributed by atoms with Crippen molar-refractivity contribution < 1.29 is 9.84 Å². The van der Waals surface area contributed by atoms with Crippen molar-refractivity contribution in [1.82, 2.24) is 5.32 Å². The van der Waals surface area contributed by atoms with Gasteiger partial charge in [0.05, 0.1) is 4.47 Å². The highest BCUT2D eigenvalue weighted by Crippen LogP contribution is 2.30. The van der Waals surface area contributed by atoms with Gasteiger partial charge in [-0.2, -0.15) is 0 Å². The zero-order valence-electron chi connectivity index (χ0n) is 12.1. The number of para-hydroxylation sites is 1. The van der Waals surface area contributed by atoms with Gasteiger partial charge in [-0.05, 0) is 52.7 Å². The van der Waals surface area contributed by atoms with Gasteiger partial charge >= 0.3 is 0 Å². The molecule has 2 rings (SSSR count). The minimum atomic E-state index is 0.268. The first-order chi connectivity index (χ1) is 10.2. The van der Waals surface area contributed by atoms with E-state index in [4.69, 9.17) is 4.74 Å². The van der Waals surface area contributed by atoms with Gasteiger partial charge in [-0.15, -0.1) is 0 Å². The lowest BCUT2D eigenvalue weighted by Gasteiger charge is -2.14. The Balaban J connectivity index is 2.05. The molecule has 0 radical (unpaired) electrons. The van der Waals surface area contributed by atoms with Gasteiger partial charge in [0.15, 0.2) is 0 Å². The maximum atomic E-state index is 9.29. The van der Waals surface area contributed by atoms with Crippen LogP contribution in [0.4, 0.5) is 0 Å². The molecule has 0 atom stereocenters. The maximum absolute atomic E-state index is 9.29. The number of phenolic OH excluding ortho intramolecular Hbond substituents is 1. The van der Waals surface area contributed by atoms with Crippen LogP contribution in [0.5, 0.6) is 11.5 Å². The smallest absolute Gasteiger partial charge is 0.138 e. The van der Waals surface area contributed by atoms with Crippen LogP contribution >= 0.6 is 15.9 Å². The first-order valence-electron chi connectivity index (χ1n) is 7.09. The lowest BCUT2D eigenvalue weighted by atomic mass is 10.2. The Hall–Kier alpha value is -1.52. The lowest BCUT2D eigenvalue weighted by molar-refractivity contribution is 0.300. The van der Waals surface area contributed by atoms with Crippen molar-refractivity contribution in [2.45, 2.75) is 26.5 Å². The predicted molar refractivity (Wildman–Crippen MR) is 88.6 cm³/mol. The molecule has 0 aliphatic rings. The van der Waals surface area contributed by atoms with Gasteiger partial charge in [0, 0.05) is 12.1 Å². The van der Waals surface area contributed by atoms with Crippen LogP contribution in [0.3, 0.4) is 0 Å². The lowest BCUT2D eigenvalue weighted by Crippen LogP contribution is -2.14. The molecule has 0 fully saturated rings. The summed E-state index contributed by atoms with van der Waals surface area (Å²) < 4.78 is 6.91. The molecule has 4 heteroatoms. The zero-order chi connectivity index (χ0) is 15.1. The zero-order valence-corrected chi connectivity index (χ0v) is 13.7. The second-order valence-electron chi connectivity index (χ2n) is 4.86. The molecule has 2 N–H and O–H groups in total. The van der Waals surface area contributed by atoms with E-state index in [0.29, 0.717) is 6.61 Å². The van der Waals surface area contributed by atoms with Crippen molar-refractivity contribution in [3.63, 3.8) is 0 Å². The highest BCUT2D eigenvalue weighted by molar-refractivity contribution is 9.10. The molecule has 0 aliphatic heterocycles. The molecule has 0 amide bonds. The Morgan fingerprint density at radius 2 is 1.90 bits per heavy atom. The van der Waals surface area contributed by atoms with Gasteiger partial charge in [-0.1, -0.05) is 31.2 Å². The van der Waals surface area contributed by atoms with Crippen LogP contribution < -0.4 is 10.1 Å². The molecular formula is C17H20BrNO2. The summed E-state index contributed by atoms with van der Waals surface area (Å²) in [7, 11) is 0. The molecule has 21 heavy (non-hydrogen) atoms. The average Bonchev–Trinajstić information content (AvgIpc) is 2.48. The third-order valence-electron chi connectivity index (χ3n) is 3.11. The highest BCUT2D eigenvalue weighted by Gasteiger charge is 2.08. The minimum Gasteiger partial charge on any atom is -0.508 e. The SMILES string of the molecule is CCCNCc1cccc(Br)c1OCc1ccc(O)cc1. The summed E-state index contributed by atoms with van der Waals surface area (Å²) in [5.74, 6) is 1.14. The summed E-state index contributed by atoms with van der Waals surface area (Å²) in [6.45, 7) is 4.40. The standard InChI is InChI=1S/C17H20BrNO2/c1-2-10-19-11-14-4-3-5-16(18)17(14)21-12-13-6-8-15(20)9-7-13/h3-9,19-20H,2,10-12H2,1H3. The predicted octanol–water partition coefficient (Wildman–Crippen LogP) is 4.23. The third kappa shape index (κ3) is 4.76. The molecule has 0 spiro atoms. The van der Waals surface area contributed by atoms with Gasteiger partial charge < -0.3 is 15.2 Å². The first kappa shape index (κ1) is 15.9. The van der Waals surface area contributed by atoms with Crippen LogP contribution in [0.1, 0.15) is 24.5 Å². The fraction of sp³-hybridized carbons (Fsp3) is 0.294. The summed E-state index contributed by atoms with van der Waals surface area (Å²) in [4.78, 5) is 0. The maximum Gasteiger partial charge on any atom is 0.138 e. The molecular weight excluding hydrogens is 330 g/mol. The number of hydrogen-bond acceptors (Lipinski definition) is 3. The Kier molecular flexibility index (Phi) is 6.08. The number of nitrogens with one attached hydrogen (secondary N) is 1. The first-order valence-corrected chi connectivity index (χ1v) is 7.89. The number of aromatic hydroxyl groups is 1. The molecule has 0 saturated carbocycles. The third-order valence-corrected chi connectivity index (χ3v) is 3.73. The van der Waals surface area contributed by atoms with E-state index >= 15 is 0 Å². The molecule has 112 valence electrons. The largest absolute Gasteiger partial charge is 0.508 e. The number of benzene rings is 2. The number of hydrogen-bond donors (Lipinski definition) is 2. The van der Waals surface area contributed by atoms with Crippen LogP contribution in [0.2, 0.25) is 0 Å². The van der Waals surface area contributed by atoms with Crippen molar-refractivity contribution in [2.24, 2.45) is 0 Å². The Labute approximate surface area is 134 Å². The van der Waals surface area contributed by atoms with Gasteiger partial charge in [0.1, 0.15) is 18.1 Å². The fourth-order valence-electron chi connectivity index (χ4n) is 2.00. The van der Waals surface area contributed by atoms with E-state index in [0.717, 1.165) is 40.9 Å². The molecule has 2 aromatic carbocycles. The van der Waals surface area contributed by atoms with Crippen LogP contribution in [-0.4, -0.2) is 11.7 Å². The monoisotopic (exact) mass is 349 g/mol. The van der Waals surface area contributed by atoms with Crippen LogP contribution in [-0.2, 0) is 13.2 Å². The summed E-state index contributed by atoms with van der Waals surface area (Å²) in [6, 6.07) is 13.1. The van der Waals surface area contributed by atoms with Crippen LogP contribution in [0.15, 0.2) is 46.9 Å². The number of halogens is 1. The second kappa shape index (κ2) is 8.05. The molecule has 0 bridgehead atoms.